The molecule has 2 atom stereocenters. The average Bonchev–Trinajstić information content (AvgIpc) is 2.98. The van der Waals surface area contributed by atoms with Crippen molar-refractivity contribution in [3.8, 4) is 0 Å². The molecule has 0 spiro atoms. The highest BCUT2D eigenvalue weighted by atomic mass is 16.2. The highest BCUT2D eigenvalue weighted by Crippen LogP contribution is 2.35. The van der Waals surface area contributed by atoms with Crippen LogP contribution in [0.3, 0.4) is 0 Å². The fourth-order valence-electron chi connectivity index (χ4n) is 4.36. The third-order valence-corrected chi connectivity index (χ3v) is 5.85. The van der Waals surface area contributed by atoms with E-state index in [0.29, 0.717) is 23.9 Å². The van der Waals surface area contributed by atoms with E-state index in [0.717, 1.165) is 18.9 Å². The molecular formula is C18H32N2O. The zero-order chi connectivity index (χ0) is 14.8. The van der Waals surface area contributed by atoms with Crippen LogP contribution in [0.4, 0.5) is 0 Å². The SMILES string of the molecule is CC(C)CC1NC(C2CCCC2)N(CCC2CCC2)C1=O. The second-order valence-corrected chi connectivity index (χ2v) is 7.96. The molecule has 3 nitrogen and oxygen atoms in total. The molecule has 2 saturated carbocycles. The highest BCUT2D eigenvalue weighted by molar-refractivity contribution is 5.84. The Morgan fingerprint density at radius 1 is 1.14 bits per heavy atom. The summed E-state index contributed by atoms with van der Waals surface area (Å²) in [5.74, 6) is 2.57. The molecule has 21 heavy (non-hydrogen) atoms. The molecule has 1 aliphatic heterocycles. The molecule has 1 N–H and O–H groups in total. The lowest BCUT2D eigenvalue weighted by atomic mass is 9.83. The lowest BCUT2D eigenvalue weighted by Crippen LogP contribution is -2.43. The highest BCUT2D eigenvalue weighted by Gasteiger charge is 2.43. The maximum absolute atomic E-state index is 12.8. The quantitative estimate of drug-likeness (QED) is 0.812. The number of nitrogens with zero attached hydrogens (tertiary/aromatic N) is 1. The van der Waals surface area contributed by atoms with Gasteiger partial charge >= 0.3 is 0 Å². The maximum atomic E-state index is 12.8. The van der Waals surface area contributed by atoms with Crippen LogP contribution in [-0.2, 0) is 4.79 Å². The monoisotopic (exact) mass is 292 g/mol. The minimum absolute atomic E-state index is 0.0805. The second-order valence-electron chi connectivity index (χ2n) is 7.96. The van der Waals surface area contributed by atoms with E-state index in [-0.39, 0.29) is 6.04 Å². The Morgan fingerprint density at radius 3 is 2.43 bits per heavy atom. The van der Waals surface area contributed by atoms with Crippen LogP contribution >= 0.6 is 0 Å². The van der Waals surface area contributed by atoms with Crippen molar-refractivity contribution in [1.29, 1.82) is 0 Å². The lowest BCUT2D eigenvalue weighted by Gasteiger charge is -2.32. The Balaban J connectivity index is 1.63. The summed E-state index contributed by atoms with van der Waals surface area (Å²) in [6.07, 6.45) is 12.0. The predicted octanol–water partition coefficient (Wildman–Crippen LogP) is 3.54. The summed E-state index contributed by atoms with van der Waals surface area (Å²) < 4.78 is 0. The Hall–Kier alpha value is -0.570. The minimum atomic E-state index is 0.0805. The maximum Gasteiger partial charge on any atom is 0.241 e. The molecule has 0 bridgehead atoms. The summed E-state index contributed by atoms with van der Waals surface area (Å²) in [5, 5.41) is 3.70. The van der Waals surface area contributed by atoms with Gasteiger partial charge in [-0.3, -0.25) is 10.1 Å². The average molecular weight is 292 g/mol. The van der Waals surface area contributed by atoms with Crippen LogP contribution in [0.25, 0.3) is 0 Å². The Bertz CT molecular complexity index is 358. The van der Waals surface area contributed by atoms with E-state index in [1.54, 1.807) is 0 Å². The molecule has 3 aliphatic rings. The smallest absolute Gasteiger partial charge is 0.241 e. The topological polar surface area (TPSA) is 32.3 Å². The zero-order valence-corrected chi connectivity index (χ0v) is 13.8. The van der Waals surface area contributed by atoms with E-state index < -0.39 is 0 Å². The van der Waals surface area contributed by atoms with Crippen LogP contribution in [0, 0.1) is 17.8 Å². The number of rotatable bonds is 6. The van der Waals surface area contributed by atoms with Gasteiger partial charge in [0.15, 0.2) is 0 Å². The summed E-state index contributed by atoms with van der Waals surface area (Å²) in [5.41, 5.74) is 0. The fourth-order valence-corrected chi connectivity index (χ4v) is 4.36. The molecule has 0 aromatic carbocycles. The van der Waals surface area contributed by atoms with Gasteiger partial charge in [-0.1, -0.05) is 46.0 Å². The third kappa shape index (κ3) is 3.44. The van der Waals surface area contributed by atoms with Gasteiger partial charge in [0.2, 0.25) is 5.91 Å². The van der Waals surface area contributed by atoms with Crippen LogP contribution in [0.5, 0.6) is 0 Å². The van der Waals surface area contributed by atoms with E-state index >= 15 is 0 Å². The normalized spacial score (nSPS) is 31.4. The van der Waals surface area contributed by atoms with E-state index in [2.05, 4.69) is 24.1 Å². The van der Waals surface area contributed by atoms with Gasteiger partial charge in [0.1, 0.15) is 0 Å². The first-order chi connectivity index (χ1) is 10.1. The lowest BCUT2D eigenvalue weighted by molar-refractivity contribution is -0.131. The first-order valence-electron chi connectivity index (χ1n) is 9.21. The van der Waals surface area contributed by atoms with E-state index in [1.165, 1.54) is 51.4 Å². The van der Waals surface area contributed by atoms with Gasteiger partial charge in [-0.25, -0.2) is 0 Å². The molecule has 3 heteroatoms. The molecule has 2 unspecified atom stereocenters. The van der Waals surface area contributed by atoms with Crippen LogP contribution in [0.2, 0.25) is 0 Å². The number of nitrogens with one attached hydrogen (secondary N) is 1. The molecular weight excluding hydrogens is 260 g/mol. The van der Waals surface area contributed by atoms with Crippen molar-refractivity contribution in [3.63, 3.8) is 0 Å². The fraction of sp³-hybridized carbons (Fsp3) is 0.944. The van der Waals surface area contributed by atoms with Crippen molar-refractivity contribution < 1.29 is 4.79 Å². The van der Waals surface area contributed by atoms with Crippen molar-refractivity contribution in [1.82, 2.24) is 10.2 Å². The number of hydrogen-bond donors (Lipinski definition) is 1. The van der Waals surface area contributed by atoms with Gasteiger partial charge in [-0.2, -0.15) is 0 Å². The molecule has 0 aromatic heterocycles. The third-order valence-electron chi connectivity index (χ3n) is 5.85. The van der Waals surface area contributed by atoms with Crippen molar-refractivity contribution in [2.45, 2.75) is 83.8 Å². The van der Waals surface area contributed by atoms with Crippen LogP contribution in [0.15, 0.2) is 0 Å². The molecule has 120 valence electrons. The van der Waals surface area contributed by atoms with Crippen molar-refractivity contribution >= 4 is 5.91 Å². The van der Waals surface area contributed by atoms with Crippen molar-refractivity contribution in [2.75, 3.05) is 6.54 Å². The molecule has 3 fully saturated rings. The molecule has 0 aromatic rings. The van der Waals surface area contributed by atoms with Gasteiger partial charge in [-0.15, -0.1) is 0 Å². The molecule has 1 amide bonds. The summed E-state index contributed by atoms with van der Waals surface area (Å²) in [4.78, 5) is 15.0. The molecule has 0 radical (unpaired) electrons. The Kier molecular flexibility index (Phi) is 4.88. The van der Waals surface area contributed by atoms with Gasteiger partial charge in [0.05, 0.1) is 12.2 Å². The number of amides is 1. The molecule has 1 saturated heterocycles. The van der Waals surface area contributed by atoms with Gasteiger partial charge in [-0.05, 0) is 43.4 Å². The molecule has 3 rings (SSSR count). The van der Waals surface area contributed by atoms with E-state index in [1.807, 2.05) is 0 Å². The standard InChI is InChI=1S/C18H32N2O/c1-13(2)12-16-18(21)20(11-10-14-6-5-7-14)17(19-16)15-8-3-4-9-15/h13-17,19H,3-12H2,1-2H3. The van der Waals surface area contributed by atoms with Crippen LogP contribution < -0.4 is 5.32 Å². The zero-order valence-electron chi connectivity index (χ0n) is 13.8. The molecule has 1 heterocycles. The predicted molar refractivity (Wildman–Crippen MR) is 85.8 cm³/mol. The van der Waals surface area contributed by atoms with Gasteiger partial charge in [0.25, 0.3) is 0 Å². The van der Waals surface area contributed by atoms with Crippen LogP contribution in [0.1, 0.15) is 71.6 Å². The van der Waals surface area contributed by atoms with Gasteiger partial charge in [0, 0.05) is 6.54 Å². The van der Waals surface area contributed by atoms with E-state index in [9.17, 15) is 4.79 Å². The first-order valence-corrected chi connectivity index (χ1v) is 9.21. The van der Waals surface area contributed by atoms with Crippen molar-refractivity contribution in [2.24, 2.45) is 17.8 Å². The first kappa shape index (κ1) is 15.3. The Labute approximate surface area is 129 Å². The molecule has 2 aliphatic carbocycles. The van der Waals surface area contributed by atoms with Crippen LogP contribution in [-0.4, -0.2) is 29.6 Å². The summed E-state index contributed by atoms with van der Waals surface area (Å²) >= 11 is 0. The minimum Gasteiger partial charge on any atom is -0.326 e. The number of carbonyl (C=O) groups is 1. The number of hydrogen-bond acceptors (Lipinski definition) is 2. The largest absolute Gasteiger partial charge is 0.326 e. The summed E-state index contributed by atoms with van der Waals surface area (Å²) in [6, 6.07) is 0.0805. The van der Waals surface area contributed by atoms with Crippen molar-refractivity contribution in [3.05, 3.63) is 0 Å². The summed E-state index contributed by atoms with van der Waals surface area (Å²) in [6.45, 7) is 5.43. The van der Waals surface area contributed by atoms with Gasteiger partial charge < -0.3 is 4.90 Å². The summed E-state index contributed by atoms with van der Waals surface area (Å²) in [7, 11) is 0. The number of carbonyl (C=O) groups excluding carboxylic acids is 1. The van der Waals surface area contributed by atoms with E-state index in [4.69, 9.17) is 0 Å². The second kappa shape index (κ2) is 6.68. The Morgan fingerprint density at radius 2 is 1.86 bits per heavy atom.